The summed E-state index contributed by atoms with van der Waals surface area (Å²) in [5, 5.41) is 13.0. The summed E-state index contributed by atoms with van der Waals surface area (Å²) >= 11 is 12.2. The zero-order valence-corrected chi connectivity index (χ0v) is 17.0. The van der Waals surface area contributed by atoms with E-state index in [-0.39, 0.29) is 16.3 Å². The molecule has 1 aliphatic heterocycles. The SMILES string of the molecule is O=C(O)C1Nc2cc(Cl)cc(Cl)c2C(=O)N1c1cccc(OCc2ccccc2)c1. The first kappa shape index (κ1) is 20.1. The zero-order chi connectivity index (χ0) is 21.3. The highest BCUT2D eigenvalue weighted by Crippen LogP contribution is 2.37. The monoisotopic (exact) mass is 442 g/mol. The molecule has 1 heterocycles. The number of amides is 1. The molecule has 1 amide bonds. The summed E-state index contributed by atoms with van der Waals surface area (Å²) in [6.45, 7) is 0.339. The number of aliphatic carboxylic acids is 1. The van der Waals surface area contributed by atoms with E-state index in [0.717, 1.165) is 10.5 Å². The largest absolute Gasteiger partial charge is 0.489 e. The van der Waals surface area contributed by atoms with Gasteiger partial charge in [0.15, 0.2) is 0 Å². The van der Waals surface area contributed by atoms with Crippen molar-refractivity contribution < 1.29 is 19.4 Å². The van der Waals surface area contributed by atoms with E-state index in [4.69, 9.17) is 27.9 Å². The number of carboxylic acid groups (broad SMARTS) is 1. The van der Waals surface area contributed by atoms with Gasteiger partial charge in [-0.15, -0.1) is 0 Å². The van der Waals surface area contributed by atoms with E-state index in [1.54, 1.807) is 24.3 Å². The van der Waals surface area contributed by atoms with Gasteiger partial charge in [0, 0.05) is 11.1 Å². The first-order valence-electron chi connectivity index (χ1n) is 9.03. The fraction of sp³-hybridized carbons (Fsp3) is 0.0909. The Labute approximate surface area is 182 Å². The van der Waals surface area contributed by atoms with Gasteiger partial charge < -0.3 is 15.2 Å². The third-order valence-corrected chi connectivity index (χ3v) is 5.13. The van der Waals surface area contributed by atoms with E-state index < -0.39 is 18.0 Å². The number of nitrogens with one attached hydrogen (secondary N) is 1. The fourth-order valence-electron chi connectivity index (χ4n) is 3.26. The molecule has 8 heteroatoms. The normalized spacial score (nSPS) is 15.3. The second-order valence-corrected chi connectivity index (χ2v) is 7.49. The predicted molar refractivity (Wildman–Crippen MR) is 116 cm³/mol. The van der Waals surface area contributed by atoms with Crippen molar-refractivity contribution >= 4 is 46.5 Å². The topological polar surface area (TPSA) is 78.9 Å². The molecule has 30 heavy (non-hydrogen) atoms. The third kappa shape index (κ3) is 3.92. The number of hydrogen-bond donors (Lipinski definition) is 2. The van der Waals surface area contributed by atoms with Gasteiger partial charge in [0.2, 0.25) is 6.17 Å². The van der Waals surface area contributed by atoms with Crippen molar-refractivity contribution in [3.8, 4) is 5.75 Å². The second kappa shape index (κ2) is 8.26. The molecule has 4 rings (SSSR count). The van der Waals surface area contributed by atoms with Crippen molar-refractivity contribution in [1.82, 2.24) is 0 Å². The van der Waals surface area contributed by atoms with Crippen molar-refractivity contribution in [2.45, 2.75) is 12.8 Å². The summed E-state index contributed by atoms with van der Waals surface area (Å²) in [4.78, 5) is 26.3. The van der Waals surface area contributed by atoms with Crippen LogP contribution in [0, 0.1) is 0 Å². The molecule has 152 valence electrons. The van der Waals surface area contributed by atoms with Crippen LogP contribution in [0.15, 0.2) is 66.7 Å². The molecular formula is C22H16Cl2N2O4. The Morgan fingerprint density at radius 2 is 1.83 bits per heavy atom. The molecule has 0 radical (unpaired) electrons. The lowest BCUT2D eigenvalue weighted by molar-refractivity contribution is -0.137. The molecule has 0 saturated carbocycles. The molecule has 0 aromatic heterocycles. The quantitative estimate of drug-likeness (QED) is 0.577. The number of ether oxygens (including phenoxy) is 1. The molecule has 0 fully saturated rings. The van der Waals surface area contributed by atoms with Crippen LogP contribution in [0.1, 0.15) is 15.9 Å². The number of hydrogen-bond acceptors (Lipinski definition) is 4. The summed E-state index contributed by atoms with van der Waals surface area (Å²) < 4.78 is 5.81. The van der Waals surface area contributed by atoms with Crippen molar-refractivity contribution in [3.05, 3.63) is 87.9 Å². The summed E-state index contributed by atoms with van der Waals surface area (Å²) in [5.41, 5.74) is 1.79. The van der Waals surface area contributed by atoms with E-state index >= 15 is 0 Å². The van der Waals surface area contributed by atoms with E-state index in [1.165, 1.54) is 12.1 Å². The third-order valence-electron chi connectivity index (χ3n) is 4.62. The van der Waals surface area contributed by atoms with Crippen LogP contribution in [-0.2, 0) is 11.4 Å². The molecule has 1 atom stereocenters. The lowest BCUT2D eigenvalue weighted by atomic mass is 10.1. The van der Waals surface area contributed by atoms with Crippen molar-refractivity contribution in [1.29, 1.82) is 0 Å². The average molecular weight is 443 g/mol. The number of carboxylic acids is 1. The maximum atomic E-state index is 13.2. The minimum Gasteiger partial charge on any atom is -0.489 e. The Morgan fingerprint density at radius 3 is 2.57 bits per heavy atom. The number of anilines is 2. The Hall–Kier alpha value is -3.22. The minimum absolute atomic E-state index is 0.139. The minimum atomic E-state index is -1.33. The van der Waals surface area contributed by atoms with E-state index in [2.05, 4.69) is 5.32 Å². The van der Waals surface area contributed by atoms with Crippen LogP contribution in [0.25, 0.3) is 0 Å². The predicted octanol–water partition coefficient (Wildman–Crippen LogP) is 5.06. The molecule has 3 aromatic carbocycles. The van der Waals surface area contributed by atoms with E-state index in [1.807, 2.05) is 30.3 Å². The summed E-state index contributed by atoms with van der Waals surface area (Å²) in [5.74, 6) is -1.26. The maximum Gasteiger partial charge on any atom is 0.347 e. The van der Waals surface area contributed by atoms with Gasteiger partial charge in [-0.25, -0.2) is 4.79 Å². The van der Waals surface area contributed by atoms with Gasteiger partial charge in [0.25, 0.3) is 5.91 Å². The van der Waals surface area contributed by atoms with Crippen LogP contribution in [-0.4, -0.2) is 23.1 Å². The Balaban J connectivity index is 1.67. The molecular weight excluding hydrogens is 427 g/mol. The number of rotatable bonds is 5. The molecule has 1 unspecified atom stereocenters. The Kier molecular flexibility index (Phi) is 5.53. The maximum absolute atomic E-state index is 13.2. The van der Waals surface area contributed by atoms with Crippen LogP contribution >= 0.6 is 23.2 Å². The first-order chi connectivity index (χ1) is 14.4. The molecule has 0 bridgehead atoms. The molecule has 0 aliphatic carbocycles. The van der Waals surface area contributed by atoms with Gasteiger partial charge in [-0.2, -0.15) is 0 Å². The average Bonchev–Trinajstić information content (AvgIpc) is 2.72. The number of carbonyl (C=O) groups is 2. The van der Waals surface area contributed by atoms with Crippen LogP contribution < -0.4 is 15.0 Å². The fourth-order valence-corrected chi connectivity index (χ4v) is 3.83. The van der Waals surface area contributed by atoms with Crippen LogP contribution in [0.5, 0.6) is 5.75 Å². The highest BCUT2D eigenvalue weighted by Gasteiger charge is 2.39. The molecule has 1 aliphatic rings. The van der Waals surface area contributed by atoms with Gasteiger partial charge in [0.05, 0.1) is 22.0 Å². The molecule has 0 spiro atoms. The number of nitrogens with zero attached hydrogens (tertiary/aromatic N) is 1. The van der Waals surface area contributed by atoms with Crippen LogP contribution in [0.2, 0.25) is 10.0 Å². The van der Waals surface area contributed by atoms with Crippen molar-refractivity contribution in [2.75, 3.05) is 10.2 Å². The van der Waals surface area contributed by atoms with Gasteiger partial charge in [-0.05, 0) is 29.8 Å². The first-order valence-corrected chi connectivity index (χ1v) is 9.78. The Morgan fingerprint density at radius 1 is 1.07 bits per heavy atom. The van der Waals surface area contributed by atoms with Crippen LogP contribution in [0.4, 0.5) is 11.4 Å². The van der Waals surface area contributed by atoms with Gasteiger partial charge in [-0.1, -0.05) is 59.6 Å². The van der Waals surface area contributed by atoms with Gasteiger partial charge in [0.1, 0.15) is 12.4 Å². The summed E-state index contributed by atoms with van der Waals surface area (Å²) in [7, 11) is 0. The van der Waals surface area contributed by atoms with Crippen molar-refractivity contribution in [3.63, 3.8) is 0 Å². The summed E-state index contributed by atoms with van der Waals surface area (Å²) in [6.07, 6.45) is -1.33. The number of carbonyl (C=O) groups excluding carboxylic acids is 1. The zero-order valence-electron chi connectivity index (χ0n) is 15.5. The molecule has 0 saturated heterocycles. The molecule has 6 nitrogen and oxygen atoms in total. The van der Waals surface area contributed by atoms with Gasteiger partial charge >= 0.3 is 5.97 Å². The Bertz CT molecular complexity index is 1120. The molecule has 2 N–H and O–H groups in total. The smallest absolute Gasteiger partial charge is 0.347 e. The molecule has 3 aromatic rings. The highest BCUT2D eigenvalue weighted by atomic mass is 35.5. The van der Waals surface area contributed by atoms with E-state index in [9.17, 15) is 14.7 Å². The second-order valence-electron chi connectivity index (χ2n) is 6.64. The number of halogens is 2. The summed E-state index contributed by atoms with van der Waals surface area (Å²) in [6, 6.07) is 19.2. The van der Waals surface area contributed by atoms with Crippen molar-refractivity contribution in [2.24, 2.45) is 0 Å². The van der Waals surface area contributed by atoms with Crippen LogP contribution in [0.3, 0.4) is 0 Å². The van der Waals surface area contributed by atoms with E-state index in [0.29, 0.717) is 23.1 Å². The number of benzene rings is 3. The number of fused-ring (bicyclic) bond motifs is 1. The van der Waals surface area contributed by atoms with Gasteiger partial charge in [-0.3, -0.25) is 9.69 Å². The standard InChI is InChI=1S/C22H16Cl2N2O4/c23-14-9-17(24)19-18(10-14)25-20(22(28)29)26(21(19)27)15-7-4-8-16(11-15)30-12-13-5-2-1-3-6-13/h1-11,20,25H,12H2,(H,28,29). The highest BCUT2D eigenvalue weighted by molar-refractivity contribution is 6.38. The lowest BCUT2D eigenvalue weighted by Gasteiger charge is -2.35. The lowest BCUT2D eigenvalue weighted by Crippen LogP contribution is -2.53.